The minimum Gasteiger partial charge on any atom is -0.453 e. The van der Waals surface area contributed by atoms with Crippen molar-refractivity contribution in [3.63, 3.8) is 0 Å². The molecule has 9 heteroatoms. The van der Waals surface area contributed by atoms with Gasteiger partial charge in [-0.1, -0.05) is 11.6 Å². The van der Waals surface area contributed by atoms with Crippen LogP contribution in [0.1, 0.15) is 0 Å². The summed E-state index contributed by atoms with van der Waals surface area (Å²) in [5, 5.41) is 3.30. The Bertz CT molecular complexity index is 679. The molecule has 1 N–H and O–H groups in total. The second-order valence-corrected chi connectivity index (χ2v) is 5.79. The fourth-order valence-electron chi connectivity index (χ4n) is 1.66. The summed E-state index contributed by atoms with van der Waals surface area (Å²) < 4.78 is 5.39. The van der Waals surface area contributed by atoms with Crippen LogP contribution in [0.25, 0.3) is 0 Å². The molecule has 0 aliphatic rings. The minimum absolute atomic E-state index is 0.0867. The van der Waals surface area contributed by atoms with Crippen molar-refractivity contribution < 1.29 is 9.53 Å². The number of ether oxygens (including phenoxy) is 1. The van der Waals surface area contributed by atoms with Crippen molar-refractivity contribution in [2.75, 3.05) is 49.9 Å². The highest BCUT2D eigenvalue weighted by Gasteiger charge is 2.12. The lowest BCUT2D eigenvalue weighted by Gasteiger charge is -2.16. The van der Waals surface area contributed by atoms with E-state index in [9.17, 15) is 4.79 Å². The number of anilines is 3. The number of hydrogen-bond donors (Lipinski definition) is 1. The van der Waals surface area contributed by atoms with Crippen LogP contribution in [0.3, 0.4) is 0 Å². The number of aromatic nitrogens is 3. The van der Waals surface area contributed by atoms with E-state index in [-0.39, 0.29) is 18.5 Å². The van der Waals surface area contributed by atoms with Crippen molar-refractivity contribution in [2.24, 2.45) is 0 Å². The monoisotopic (exact) mass is 350 g/mol. The van der Waals surface area contributed by atoms with Crippen LogP contribution in [0.15, 0.2) is 24.3 Å². The second kappa shape index (κ2) is 7.78. The Hall–Kier alpha value is -2.61. The van der Waals surface area contributed by atoms with E-state index in [4.69, 9.17) is 16.3 Å². The highest BCUT2D eigenvalue weighted by atomic mass is 35.5. The normalized spacial score (nSPS) is 10.2. The molecule has 2 rings (SSSR count). The predicted molar refractivity (Wildman–Crippen MR) is 94.1 cm³/mol. The quantitative estimate of drug-likeness (QED) is 0.848. The first-order chi connectivity index (χ1) is 11.3. The molecule has 2 aromatic rings. The predicted octanol–water partition coefficient (Wildman–Crippen LogP) is 1.67. The number of nitrogens with zero attached hydrogens (tertiary/aromatic N) is 5. The standard InChI is InChI=1S/C15H19ClN6O2/c1-21(2)13-18-14(22(3)4)20-15(19-13)24-9-12(23)17-11-7-5-10(16)6-8-11/h5-8H,9H2,1-4H3,(H,17,23). The van der Waals surface area contributed by atoms with Gasteiger partial charge in [0.15, 0.2) is 6.61 Å². The summed E-state index contributed by atoms with van der Waals surface area (Å²) in [5.41, 5.74) is 0.631. The van der Waals surface area contributed by atoms with Gasteiger partial charge in [-0.15, -0.1) is 0 Å². The van der Waals surface area contributed by atoms with Crippen LogP contribution >= 0.6 is 11.6 Å². The first-order valence-corrected chi connectivity index (χ1v) is 7.52. The summed E-state index contributed by atoms with van der Waals surface area (Å²) >= 11 is 5.80. The molecule has 0 aliphatic carbocycles. The molecule has 0 bridgehead atoms. The van der Waals surface area contributed by atoms with Gasteiger partial charge < -0.3 is 19.9 Å². The summed E-state index contributed by atoms with van der Waals surface area (Å²) in [4.78, 5) is 28.0. The van der Waals surface area contributed by atoms with E-state index in [2.05, 4.69) is 20.3 Å². The summed E-state index contributed by atoms with van der Waals surface area (Å²) in [6, 6.07) is 6.88. The van der Waals surface area contributed by atoms with Crippen LogP contribution in [0.4, 0.5) is 17.6 Å². The third kappa shape index (κ3) is 4.95. The summed E-state index contributed by atoms with van der Waals surface area (Å²) in [6.07, 6.45) is 0. The fourth-order valence-corrected chi connectivity index (χ4v) is 1.79. The van der Waals surface area contributed by atoms with Gasteiger partial charge in [-0.2, -0.15) is 15.0 Å². The van der Waals surface area contributed by atoms with Crippen molar-refractivity contribution in [3.05, 3.63) is 29.3 Å². The molecule has 1 heterocycles. The van der Waals surface area contributed by atoms with Crippen LogP contribution in [0.5, 0.6) is 6.01 Å². The molecule has 0 atom stereocenters. The van der Waals surface area contributed by atoms with Gasteiger partial charge in [-0.3, -0.25) is 4.79 Å². The number of rotatable bonds is 6. The molecule has 1 amide bonds. The maximum absolute atomic E-state index is 11.9. The first kappa shape index (κ1) is 17.7. The minimum atomic E-state index is -0.324. The van der Waals surface area contributed by atoms with Gasteiger partial charge in [0.05, 0.1) is 0 Å². The van der Waals surface area contributed by atoms with E-state index in [0.29, 0.717) is 22.6 Å². The lowest BCUT2D eigenvalue weighted by atomic mass is 10.3. The van der Waals surface area contributed by atoms with Crippen LogP contribution in [0, 0.1) is 0 Å². The maximum Gasteiger partial charge on any atom is 0.323 e. The van der Waals surface area contributed by atoms with E-state index in [1.807, 2.05) is 28.2 Å². The molecule has 0 fully saturated rings. The molecular formula is C15H19ClN6O2. The third-order valence-corrected chi connectivity index (χ3v) is 3.10. The SMILES string of the molecule is CN(C)c1nc(OCC(=O)Nc2ccc(Cl)cc2)nc(N(C)C)n1. The zero-order chi connectivity index (χ0) is 17.7. The Morgan fingerprint density at radius 3 is 2.08 bits per heavy atom. The van der Waals surface area contributed by atoms with Crippen molar-refractivity contribution in [1.29, 1.82) is 0 Å². The maximum atomic E-state index is 11.9. The molecule has 24 heavy (non-hydrogen) atoms. The van der Waals surface area contributed by atoms with Crippen LogP contribution < -0.4 is 19.9 Å². The van der Waals surface area contributed by atoms with Crippen molar-refractivity contribution in [1.82, 2.24) is 15.0 Å². The van der Waals surface area contributed by atoms with Crippen molar-refractivity contribution >= 4 is 35.1 Å². The molecule has 128 valence electrons. The number of hydrogen-bond acceptors (Lipinski definition) is 7. The number of amides is 1. The van der Waals surface area contributed by atoms with Crippen LogP contribution in [-0.2, 0) is 4.79 Å². The van der Waals surface area contributed by atoms with E-state index in [1.54, 1.807) is 34.1 Å². The van der Waals surface area contributed by atoms with Gasteiger partial charge in [0.2, 0.25) is 11.9 Å². The number of benzene rings is 1. The molecule has 0 spiro atoms. The fraction of sp³-hybridized carbons (Fsp3) is 0.333. The third-order valence-electron chi connectivity index (χ3n) is 2.85. The van der Waals surface area contributed by atoms with Crippen molar-refractivity contribution in [2.45, 2.75) is 0 Å². The molecule has 0 radical (unpaired) electrons. The Labute approximate surface area is 145 Å². The number of nitrogens with one attached hydrogen (secondary N) is 1. The highest BCUT2D eigenvalue weighted by molar-refractivity contribution is 6.30. The second-order valence-electron chi connectivity index (χ2n) is 5.35. The van der Waals surface area contributed by atoms with Gasteiger partial charge >= 0.3 is 6.01 Å². The van der Waals surface area contributed by atoms with E-state index in [1.165, 1.54) is 0 Å². The Morgan fingerprint density at radius 2 is 1.58 bits per heavy atom. The van der Waals surface area contributed by atoms with Gasteiger partial charge in [0.1, 0.15) is 0 Å². The first-order valence-electron chi connectivity index (χ1n) is 7.14. The zero-order valence-electron chi connectivity index (χ0n) is 13.9. The van der Waals surface area contributed by atoms with Gasteiger partial charge in [-0.05, 0) is 24.3 Å². The summed E-state index contributed by atoms with van der Waals surface area (Å²) in [7, 11) is 7.25. The summed E-state index contributed by atoms with van der Waals surface area (Å²) in [5.74, 6) is 0.569. The Kier molecular flexibility index (Phi) is 5.75. The average Bonchev–Trinajstić information content (AvgIpc) is 2.54. The largest absolute Gasteiger partial charge is 0.453 e. The van der Waals surface area contributed by atoms with Crippen LogP contribution in [0.2, 0.25) is 5.02 Å². The molecule has 1 aromatic carbocycles. The lowest BCUT2D eigenvalue weighted by Crippen LogP contribution is -2.23. The summed E-state index contributed by atoms with van der Waals surface area (Å²) in [6.45, 7) is -0.216. The highest BCUT2D eigenvalue weighted by Crippen LogP contribution is 2.15. The number of carbonyl (C=O) groups is 1. The zero-order valence-corrected chi connectivity index (χ0v) is 14.7. The van der Waals surface area contributed by atoms with Gasteiger partial charge in [0, 0.05) is 38.9 Å². The molecule has 1 aromatic heterocycles. The average molecular weight is 351 g/mol. The van der Waals surface area contributed by atoms with Crippen LogP contribution in [-0.4, -0.2) is 55.7 Å². The van der Waals surface area contributed by atoms with E-state index < -0.39 is 0 Å². The Morgan fingerprint density at radius 1 is 1.04 bits per heavy atom. The molecule has 8 nitrogen and oxygen atoms in total. The smallest absolute Gasteiger partial charge is 0.323 e. The number of carbonyl (C=O) groups excluding carboxylic acids is 1. The molecule has 0 saturated carbocycles. The molecule has 0 saturated heterocycles. The lowest BCUT2D eigenvalue weighted by molar-refractivity contribution is -0.118. The Balaban J connectivity index is 2.02. The molecule has 0 aliphatic heterocycles. The molecular weight excluding hydrogens is 332 g/mol. The van der Waals surface area contributed by atoms with E-state index >= 15 is 0 Å². The van der Waals surface area contributed by atoms with E-state index in [0.717, 1.165) is 0 Å². The molecule has 0 unspecified atom stereocenters. The van der Waals surface area contributed by atoms with Gasteiger partial charge in [-0.25, -0.2) is 0 Å². The van der Waals surface area contributed by atoms with Crippen molar-refractivity contribution in [3.8, 4) is 6.01 Å². The van der Waals surface area contributed by atoms with Gasteiger partial charge in [0.25, 0.3) is 5.91 Å². The topological polar surface area (TPSA) is 83.5 Å². The number of halogens is 1.